The summed E-state index contributed by atoms with van der Waals surface area (Å²) in [5, 5.41) is 2.43. The molecule has 0 aliphatic heterocycles. The van der Waals surface area contributed by atoms with Crippen molar-refractivity contribution in [1.29, 1.82) is 0 Å². The molecule has 8 nitrogen and oxygen atoms in total. The molecule has 0 aliphatic rings. The number of amides is 1. The lowest BCUT2D eigenvalue weighted by atomic mass is 10.2. The van der Waals surface area contributed by atoms with Crippen molar-refractivity contribution in [3.8, 4) is 5.75 Å². The number of benzene rings is 1. The highest BCUT2D eigenvalue weighted by Crippen LogP contribution is 2.18. The van der Waals surface area contributed by atoms with Gasteiger partial charge < -0.3 is 19.4 Å². The maximum atomic E-state index is 13.1. The molecule has 0 unspecified atom stereocenters. The molecule has 10 heteroatoms. The monoisotopic (exact) mass is 452 g/mol. The Hall–Kier alpha value is -3.14. The average Bonchev–Trinajstić information content (AvgIpc) is 2.69. The molecule has 1 aromatic heterocycles. The third-order valence-corrected chi connectivity index (χ3v) is 5.44. The van der Waals surface area contributed by atoms with Gasteiger partial charge in [0.2, 0.25) is 0 Å². The van der Waals surface area contributed by atoms with Crippen LogP contribution in [0.3, 0.4) is 0 Å². The van der Waals surface area contributed by atoms with Crippen LogP contribution in [0.5, 0.6) is 5.75 Å². The van der Waals surface area contributed by atoms with Crippen LogP contribution in [0.1, 0.15) is 20.8 Å². The number of aromatic nitrogens is 1. The fourth-order valence-electron chi connectivity index (χ4n) is 2.37. The van der Waals surface area contributed by atoms with E-state index in [0.29, 0.717) is 12.1 Å². The number of rotatable bonds is 8. The summed E-state index contributed by atoms with van der Waals surface area (Å²) in [6.45, 7) is 4.87. The van der Waals surface area contributed by atoms with Gasteiger partial charge in [-0.05, 0) is 51.1 Å². The van der Waals surface area contributed by atoms with E-state index in [4.69, 9.17) is 9.47 Å². The SMILES string of the molecule is CC(C)(C)OC(=O)NC/C(=C\F)COc1ccc(S(=O)(=O)Cn2ccccc2=O)cc1. The Kier molecular flexibility index (Phi) is 7.98. The van der Waals surface area contributed by atoms with Crippen LogP contribution in [-0.4, -0.2) is 37.8 Å². The van der Waals surface area contributed by atoms with Crippen molar-refractivity contribution in [2.45, 2.75) is 37.1 Å². The first-order chi connectivity index (χ1) is 14.5. The van der Waals surface area contributed by atoms with Crippen LogP contribution < -0.4 is 15.6 Å². The van der Waals surface area contributed by atoms with Gasteiger partial charge in [-0.15, -0.1) is 0 Å². The Labute approximate surface area is 180 Å². The van der Waals surface area contributed by atoms with E-state index >= 15 is 0 Å². The van der Waals surface area contributed by atoms with Crippen LogP contribution in [0.2, 0.25) is 0 Å². The van der Waals surface area contributed by atoms with E-state index in [1.54, 1.807) is 26.8 Å². The van der Waals surface area contributed by atoms with Crippen molar-refractivity contribution in [2.75, 3.05) is 13.2 Å². The van der Waals surface area contributed by atoms with Crippen molar-refractivity contribution in [3.63, 3.8) is 0 Å². The van der Waals surface area contributed by atoms with Gasteiger partial charge in [-0.3, -0.25) is 4.79 Å². The summed E-state index contributed by atoms with van der Waals surface area (Å²) in [5.41, 5.74) is -0.932. The van der Waals surface area contributed by atoms with Gasteiger partial charge in [-0.1, -0.05) is 6.07 Å². The van der Waals surface area contributed by atoms with Gasteiger partial charge >= 0.3 is 6.09 Å². The average molecular weight is 453 g/mol. The van der Waals surface area contributed by atoms with E-state index in [9.17, 15) is 22.4 Å². The Morgan fingerprint density at radius 1 is 1.16 bits per heavy atom. The maximum absolute atomic E-state index is 13.1. The number of alkyl carbamates (subject to hydrolysis) is 1. The van der Waals surface area contributed by atoms with Crippen LogP contribution in [-0.2, 0) is 20.5 Å². The van der Waals surface area contributed by atoms with Crippen molar-refractivity contribution >= 4 is 15.9 Å². The van der Waals surface area contributed by atoms with Crippen LogP contribution in [0.25, 0.3) is 0 Å². The molecule has 0 aliphatic carbocycles. The van der Waals surface area contributed by atoms with Crippen LogP contribution in [0, 0.1) is 0 Å². The van der Waals surface area contributed by atoms with Gasteiger partial charge in [-0.2, -0.15) is 0 Å². The van der Waals surface area contributed by atoms with Crippen LogP contribution in [0.15, 0.2) is 70.3 Å². The van der Waals surface area contributed by atoms with Gasteiger partial charge in [0, 0.05) is 24.4 Å². The topological polar surface area (TPSA) is 104 Å². The minimum absolute atomic E-state index is 0.0171. The lowest BCUT2D eigenvalue weighted by molar-refractivity contribution is 0.0531. The first kappa shape index (κ1) is 24.1. The van der Waals surface area contributed by atoms with Gasteiger partial charge in [0.05, 0.1) is 11.2 Å². The molecular weight excluding hydrogens is 427 g/mol. The zero-order chi connectivity index (χ0) is 23.1. The molecule has 168 valence electrons. The number of nitrogens with one attached hydrogen (secondary N) is 1. The minimum Gasteiger partial charge on any atom is -0.489 e. The van der Waals surface area contributed by atoms with Gasteiger partial charge in [-0.25, -0.2) is 17.6 Å². The molecule has 0 saturated heterocycles. The zero-order valence-electron chi connectivity index (χ0n) is 17.5. The lowest BCUT2D eigenvalue weighted by Gasteiger charge is -2.20. The lowest BCUT2D eigenvalue weighted by Crippen LogP contribution is -2.34. The molecule has 0 bridgehead atoms. The smallest absolute Gasteiger partial charge is 0.407 e. The number of halogens is 1. The second-order valence-electron chi connectivity index (χ2n) is 7.64. The molecule has 0 saturated carbocycles. The summed E-state index contributed by atoms with van der Waals surface area (Å²) in [5.74, 6) is -0.176. The summed E-state index contributed by atoms with van der Waals surface area (Å²) in [7, 11) is -3.75. The Balaban J connectivity index is 1.93. The Morgan fingerprint density at radius 3 is 2.42 bits per heavy atom. The van der Waals surface area contributed by atoms with E-state index in [1.807, 2.05) is 0 Å². The second kappa shape index (κ2) is 10.3. The fraction of sp³-hybridized carbons (Fsp3) is 0.333. The third kappa shape index (κ3) is 7.89. The van der Waals surface area contributed by atoms with E-state index in [2.05, 4.69) is 5.32 Å². The third-order valence-electron chi connectivity index (χ3n) is 3.83. The first-order valence-corrected chi connectivity index (χ1v) is 11.0. The molecule has 1 aromatic carbocycles. The van der Waals surface area contributed by atoms with Crippen molar-refractivity contribution in [1.82, 2.24) is 9.88 Å². The number of carbonyl (C=O) groups is 1. The highest BCUT2D eigenvalue weighted by molar-refractivity contribution is 7.90. The predicted octanol–water partition coefficient (Wildman–Crippen LogP) is 3.04. The first-order valence-electron chi connectivity index (χ1n) is 9.36. The zero-order valence-corrected chi connectivity index (χ0v) is 18.3. The number of carbonyl (C=O) groups excluding carboxylic acids is 1. The summed E-state index contributed by atoms with van der Waals surface area (Å²) in [6.07, 6.45) is 1.04. The number of hydrogen-bond donors (Lipinski definition) is 1. The molecule has 2 rings (SSSR count). The normalized spacial score (nSPS) is 12.3. The quantitative estimate of drug-likeness (QED) is 0.660. The summed E-state index contributed by atoms with van der Waals surface area (Å²) in [6, 6.07) is 9.92. The molecule has 31 heavy (non-hydrogen) atoms. The van der Waals surface area contributed by atoms with Gasteiger partial charge in [0.15, 0.2) is 9.84 Å². The molecule has 2 aromatic rings. The number of pyridine rings is 1. The summed E-state index contributed by atoms with van der Waals surface area (Å²) in [4.78, 5) is 23.4. The molecular formula is C21H25FN2O6S. The minimum atomic E-state index is -3.75. The maximum Gasteiger partial charge on any atom is 0.407 e. The second-order valence-corrected chi connectivity index (χ2v) is 9.59. The standard InChI is InChI=1S/C21H25FN2O6S/c1-21(2,3)30-20(26)23-13-16(12-22)14-29-17-7-9-18(10-8-17)31(27,28)15-24-11-5-4-6-19(24)25/h4-12H,13-15H2,1-3H3,(H,23,26)/b16-12+. The number of sulfone groups is 1. The van der Waals surface area contributed by atoms with E-state index in [1.165, 1.54) is 42.6 Å². The fourth-order valence-corrected chi connectivity index (χ4v) is 3.64. The van der Waals surface area contributed by atoms with E-state index in [0.717, 1.165) is 4.57 Å². The molecule has 1 N–H and O–H groups in total. The molecule has 0 atom stereocenters. The van der Waals surface area contributed by atoms with E-state index in [-0.39, 0.29) is 23.6 Å². The number of hydrogen-bond acceptors (Lipinski definition) is 6. The predicted molar refractivity (Wildman–Crippen MR) is 113 cm³/mol. The van der Waals surface area contributed by atoms with Crippen molar-refractivity contribution < 1.29 is 27.1 Å². The summed E-state index contributed by atoms with van der Waals surface area (Å²) >= 11 is 0. The molecule has 0 radical (unpaired) electrons. The van der Waals surface area contributed by atoms with Gasteiger partial charge in [0.25, 0.3) is 5.56 Å². The van der Waals surface area contributed by atoms with Gasteiger partial charge in [0.1, 0.15) is 23.8 Å². The Bertz CT molecular complexity index is 1090. The van der Waals surface area contributed by atoms with Crippen LogP contribution >= 0.6 is 0 Å². The Morgan fingerprint density at radius 2 is 1.84 bits per heavy atom. The summed E-state index contributed by atoms with van der Waals surface area (Å²) < 4.78 is 49.7. The largest absolute Gasteiger partial charge is 0.489 e. The highest BCUT2D eigenvalue weighted by atomic mass is 32.2. The molecule has 0 spiro atoms. The molecule has 1 amide bonds. The van der Waals surface area contributed by atoms with Crippen molar-refractivity contribution in [2.24, 2.45) is 0 Å². The highest BCUT2D eigenvalue weighted by Gasteiger charge is 2.17. The van der Waals surface area contributed by atoms with E-state index < -0.39 is 33.0 Å². The molecule has 0 fully saturated rings. The van der Waals surface area contributed by atoms with Crippen LogP contribution in [0.4, 0.5) is 9.18 Å². The van der Waals surface area contributed by atoms with Crippen molar-refractivity contribution in [3.05, 3.63) is 70.9 Å². The molecule has 1 heterocycles. The number of nitrogens with zero attached hydrogens (tertiary/aromatic N) is 1. The number of ether oxygens (including phenoxy) is 2.